The molecule has 0 amide bonds. The van der Waals surface area contributed by atoms with Gasteiger partial charge in [0, 0.05) is 35.5 Å². The second-order valence-corrected chi connectivity index (χ2v) is 20.1. The molecule has 0 aromatic heterocycles. The summed E-state index contributed by atoms with van der Waals surface area (Å²) in [4.78, 5) is 40.8. The Kier molecular flexibility index (Phi) is 26.5. The fourth-order valence-electron chi connectivity index (χ4n) is 8.78. The summed E-state index contributed by atoms with van der Waals surface area (Å²) in [6, 6.07) is 50.3. The van der Waals surface area contributed by atoms with E-state index in [0.717, 1.165) is 136 Å². The van der Waals surface area contributed by atoms with Crippen LogP contribution in [0.15, 0.2) is 164 Å². The SMILES string of the molecule is N#Cc1ccc(-c2ccc(OCCCCCCCCCCOC(=O)c3cc(OC(=O)c4ccc(C#Cc5ccc(OCCCCCCO)cc5)cc4)ccc3OC(=O)c3ccc(C#Cc4ccc(OCCCCCCO)cc4)cc3)cc2)cc1. The number of nitrogens with zero attached hydrogens (tertiary/aromatic N) is 1. The molecule has 2 N–H and O–H groups in total. The molecule has 0 saturated heterocycles. The van der Waals surface area contributed by atoms with E-state index in [1.165, 1.54) is 18.2 Å². The van der Waals surface area contributed by atoms with Crippen molar-refractivity contribution in [2.45, 2.75) is 103 Å². The van der Waals surface area contributed by atoms with Crippen LogP contribution in [-0.4, -0.2) is 67.8 Å². The van der Waals surface area contributed by atoms with Crippen molar-refractivity contribution in [1.82, 2.24) is 0 Å². The van der Waals surface area contributed by atoms with Gasteiger partial charge in [0.25, 0.3) is 0 Å². The maximum atomic E-state index is 13.8. The smallest absolute Gasteiger partial charge is 0.343 e. The number of hydrogen-bond donors (Lipinski definition) is 2. The van der Waals surface area contributed by atoms with Crippen molar-refractivity contribution in [1.29, 1.82) is 5.26 Å². The highest BCUT2D eigenvalue weighted by Gasteiger charge is 2.21. The number of esters is 3. The Morgan fingerprint density at radius 3 is 1.10 bits per heavy atom. The standard InChI is InChI=1S/C72H73NO11/c73-54-59-25-31-60(32-26-59)61-37-43-66(44-38-61)81-49-13-7-3-1-2-4-8-16-52-82-72(78)68-53-67(83-70(76)62-33-21-55(22-34-62)17-19-57-27-39-64(40-28-57)79-50-14-9-5-11-47-74)45-46-69(68)84-71(77)63-35-23-56(24-36-63)18-20-58-29-41-65(42-30-58)80-51-15-10-6-12-48-75/h21-46,53,74-75H,1-16,47-52H2. The third-order valence-electron chi connectivity index (χ3n) is 13.6. The van der Waals surface area contributed by atoms with Crippen LogP contribution in [-0.2, 0) is 4.74 Å². The lowest BCUT2D eigenvalue weighted by molar-refractivity contribution is 0.0490. The zero-order valence-electron chi connectivity index (χ0n) is 47.7. The van der Waals surface area contributed by atoms with E-state index in [2.05, 4.69) is 29.8 Å². The predicted molar refractivity (Wildman–Crippen MR) is 325 cm³/mol. The van der Waals surface area contributed by atoms with E-state index < -0.39 is 17.9 Å². The molecule has 0 heterocycles. The summed E-state index contributed by atoms with van der Waals surface area (Å²) in [5.74, 6) is 12.8. The van der Waals surface area contributed by atoms with Gasteiger partial charge in [0.15, 0.2) is 0 Å². The lowest BCUT2D eigenvalue weighted by atomic mass is 10.0. The van der Waals surface area contributed by atoms with Crippen molar-refractivity contribution in [2.24, 2.45) is 0 Å². The molecule has 0 unspecified atom stereocenters. The average molecular weight is 1130 g/mol. The first-order chi connectivity index (χ1) is 41.3. The monoisotopic (exact) mass is 1130 g/mol. The highest BCUT2D eigenvalue weighted by Crippen LogP contribution is 2.28. The highest BCUT2D eigenvalue weighted by atomic mass is 16.6. The molecule has 0 atom stereocenters. The number of carbonyl (C=O) groups excluding carboxylic acids is 3. The van der Waals surface area contributed by atoms with Gasteiger partial charge in [-0.25, -0.2) is 14.4 Å². The lowest BCUT2D eigenvalue weighted by Crippen LogP contribution is -2.14. The molecular formula is C72H73NO11. The van der Waals surface area contributed by atoms with Gasteiger partial charge in [-0.2, -0.15) is 5.26 Å². The predicted octanol–water partition coefficient (Wildman–Crippen LogP) is 14.7. The van der Waals surface area contributed by atoms with Gasteiger partial charge >= 0.3 is 17.9 Å². The summed E-state index contributed by atoms with van der Waals surface area (Å²) in [6.45, 7) is 2.45. The first kappa shape index (κ1) is 62.5. The minimum absolute atomic E-state index is 0.0545. The molecule has 12 nitrogen and oxygen atoms in total. The van der Waals surface area contributed by atoms with Gasteiger partial charge in [0.05, 0.1) is 49.2 Å². The Labute approximate surface area is 494 Å². The summed E-state index contributed by atoms with van der Waals surface area (Å²) in [7, 11) is 0. The van der Waals surface area contributed by atoms with Crippen LogP contribution in [0, 0.1) is 35.0 Å². The molecule has 0 saturated carbocycles. The number of benzene rings is 7. The van der Waals surface area contributed by atoms with Gasteiger partial charge < -0.3 is 38.6 Å². The van der Waals surface area contributed by atoms with Crippen molar-refractivity contribution in [3.63, 3.8) is 0 Å². The first-order valence-corrected chi connectivity index (χ1v) is 29.2. The number of rotatable bonds is 32. The molecule has 0 spiro atoms. The van der Waals surface area contributed by atoms with Crippen LogP contribution < -0.4 is 23.7 Å². The van der Waals surface area contributed by atoms with E-state index in [1.807, 2.05) is 97.1 Å². The van der Waals surface area contributed by atoms with E-state index in [4.69, 9.17) is 43.9 Å². The second kappa shape index (κ2) is 35.7. The van der Waals surface area contributed by atoms with Crippen molar-refractivity contribution in [3.8, 4) is 69.6 Å². The Balaban J connectivity index is 0.887. The fraction of sp³-hybridized carbons (Fsp3) is 0.306. The van der Waals surface area contributed by atoms with Gasteiger partial charge in [0.2, 0.25) is 0 Å². The molecule has 0 aliphatic rings. The Hall–Kier alpha value is -9.12. The molecule has 12 heteroatoms. The number of hydrogen-bond acceptors (Lipinski definition) is 12. The van der Waals surface area contributed by atoms with Gasteiger partial charge in [0.1, 0.15) is 34.3 Å². The molecule has 84 heavy (non-hydrogen) atoms. The van der Waals surface area contributed by atoms with Gasteiger partial charge in [-0.05, 0) is 202 Å². The lowest BCUT2D eigenvalue weighted by Gasteiger charge is -2.12. The largest absolute Gasteiger partial charge is 0.494 e. The fourth-order valence-corrected chi connectivity index (χ4v) is 8.78. The maximum absolute atomic E-state index is 13.8. The average Bonchev–Trinajstić information content (AvgIpc) is 3.68. The van der Waals surface area contributed by atoms with Crippen LogP contribution in [0.4, 0.5) is 0 Å². The maximum Gasteiger partial charge on any atom is 0.343 e. The van der Waals surface area contributed by atoms with Gasteiger partial charge in [-0.3, -0.25) is 0 Å². The summed E-state index contributed by atoms with van der Waals surface area (Å²) in [6.07, 6.45) is 15.2. The van der Waals surface area contributed by atoms with Gasteiger partial charge in [-0.1, -0.05) is 99.3 Å². The quantitative estimate of drug-likeness (QED) is 0.0177. The molecular weight excluding hydrogens is 1050 g/mol. The van der Waals surface area contributed by atoms with E-state index in [1.54, 1.807) is 48.5 Å². The molecule has 0 radical (unpaired) electrons. The number of carbonyl (C=O) groups is 3. The normalized spacial score (nSPS) is 10.5. The van der Waals surface area contributed by atoms with E-state index >= 15 is 0 Å². The third-order valence-corrected chi connectivity index (χ3v) is 13.6. The Morgan fingerprint density at radius 2 is 0.679 bits per heavy atom. The zero-order valence-corrected chi connectivity index (χ0v) is 47.7. The van der Waals surface area contributed by atoms with Gasteiger partial charge in [-0.15, -0.1) is 0 Å². The minimum atomic E-state index is -0.727. The summed E-state index contributed by atoms with van der Waals surface area (Å²) < 4.78 is 34.9. The number of unbranched alkanes of at least 4 members (excludes halogenated alkanes) is 13. The molecule has 7 aromatic carbocycles. The minimum Gasteiger partial charge on any atom is -0.494 e. The van der Waals surface area contributed by atoms with Crippen LogP contribution in [0.3, 0.4) is 0 Å². The van der Waals surface area contributed by atoms with Crippen LogP contribution >= 0.6 is 0 Å². The summed E-state index contributed by atoms with van der Waals surface area (Å²) in [5.41, 5.74) is 6.16. The van der Waals surface area contributed by atoms with Crippen molar-refractivity contribution < 1.29 is 53.0 Å². The molecule has 0 aliphatic heterocycles. The zero-order chi connectivity index (χ0) is 58.8. The molecule has 0 aliphatic carbocycles. The Bertz CT molecular complexity index is 3310. The molecule has 7 rings (SSSR count). The van der Waals surface area contributed by atoms with Crippen LogP contribution in [0.1, 0.15) is 162 Å². The first-order valence-electron chi connectivity index (χ1n) is 29.2. The Morgan fingerprint density at radius 1 is 0.345 bits per heavy atom. The van der Waals surface area contributed by atoms with Crippen LogP contribution in [0.25, 0.3) is 11.1 Å². The molecule has 7 aromatic rings. The van der Waals surface area contributed by atoms with Crippen LogP contribution in [0.5, 0.6) is 28.7 Å². The highest BCUT2D eigenvalue weighted by molar-refractivity contribution is 5.97. The second-order valence-electron chi connectivity index (χ2n) is 20.1. The molecule has 0 fully saturated rings. The van der Waals surface area contributed by atoms with E-state index in [9.17, 15) is 14.4 Å². The number of nitriles is 1. The van der Waals surface area contributed by atoms with Crippen molar-refractivity contribution in [3.05, 3.63) is 208 Å². The molecule has 432 valence electrons. The number of aliphatic hydroxyl groups is 2. The summed E-state index contributed by atoms with van der Waals surface area (Å²) in [5, 5.41) is 27.0. The van der Waals surface area contributed by atoms with E-state index in [-0.39, 0.29) is 48.0 Å². The van der Waals surface area contributed by atoms with Crippen LogP contribution in [0.2, 0.25) is 0 Å². The third kappa shape index (κ3) is 22.0. The summed E-state index contributed by atoms with van der Waals surface area (Å²) >= 11 is 0. The topological polar surface area (TPSA) is 171 Å². The van der Waals surface area contributed by atoms with Crippen molar-refractivity contribution >= 4 is 17.9 Å². The number of ether oxygens (including phenoxy) is 6. The van der Waals surface area contributed by atoms with Crippen molar-refractivity contribution in [2.75, 3.05) is 39.6 Å². The molecule has 0 bridgehead atoms. The van der Waals surface area contributed by atoms with E-state index in [0.29, 0.717) is 42.9 Å². The number of aliphatic hydroxyl groups excluding tert-OH is 2.